The number of sulfonamides is 1. The molecule has 0 unspecified atom stereocenters. The van der Waals surface area contributed by atoms with Crippen molar-refractivity contribution >= 4 is 33.2 Å². The number of H-pyrrole nitrogens is 1. The van der Waals surface area contributed by atoms with Crippen molar-refractivity contribution in [3.05, 3.63) is 61.0 Å². The molecule has 4 rings (SSSR count). The normalized spacial score (nSPS) is 14.7. The van der Waals surface area contributed by atoms with E-state index in [4.69, 9.17) is 32.7 Å². The van der Waals surface area contributed by atoms with Gasteiger partial charge in [-0.2, -0.15) is 9.78 Å². The number of halogens is 4. The van der Waals surface area contributed by atoms with E-state index in [1.807, 2.05) is 0 Å². The lowest BCUT2D eigenvalue weighted by atomic mass is 10.1. The van der Waals surface area contributed by atoms with Gasteiger partial charge in [0.05, 0.1) is 21.9 Å². The smallest absolute Gasteiger partial charge is 0.349 e. The van der Waals surface area contributed by atoms with Crippen LogP contribution in [0.5, 0.6) is 17.4 Å². The Hall–Kier alpha value is -3.11. The van der Waals surface area contributed by atoms with E-state index in [1.165, 1.54) is 0 Å². The maximum absolute atomic E-state index is 13.0. The molecule has 1 fully saturated rings. The van der Waals surface area contributed by atoms with Crippen molar-refractivity contribution in [3.63, 3.8) is 0 Å². The molecule has 0 amide bonds. The number of aromatic amines is 1. The maximum Gasteiger partial charge on any atom is 0.349 e. The van der Waals surface area contributed by atoms with E-state index in [1.54, 1.807) is 4.98 Å². The highest BCUT2D eigenvalue weighted by molar-refractivity contribution is 7.89. The molecule has 3 heterocycles. The SMILES string of the molecule is O=c1[nH]c(=O)n(-c2cc(Cl)c(Oc3cc(S(=O)(=O)NC4CCOCC4)c(O)cn3)c(Cl)c2)nc1C(F)F. The second kappa shape index (κ2) is 10.7. The van der Waals surface area contributed by atoms with E-state index in [-0.39, 0.29) is 33.4 Å². The predicted molar refractivity (Wildman–Crippen MR) is 126 cm³/mol. The number of nitrogens with one attached hydrogen (secondary N) is 2. The molecule has 0 bridgehead atoms. The largest absolute Gasteiger partial charge is 0.505 e. The molecule has 0 saturated carbocycles. The summed E-state index contributed by atoms with van der Waals surface area (Å²) in [5.41, 5.74) is -3.83. The van der Waals surface area contributed by atoms with Gasteiger partial charge in [0.2, 0.25) is 15.9 Å². The molecule has 198 valence electrons. The van der Waals surface area contributed by atoms with Crippen LogP contribution < -0.4 is 20.7 Å². The first-order chi connectivity index (χ1) is 17.5. The summed E-state index contributed by atoms with van der Waals surface area (Å²) in [6, 6.07) is 2.76. The maximum atomic E-state index is 13.0. The van der Waals surface area contributed by atoms with Crippen LogP contribution in [0.4, 0.5) is 8.78 Å². The van der Waals surface area contributed by atoms with Gasteiger partial charge in [-0.05, 0) is 25.0 Å². The van der Waals surface area contributed by atoms with Crippen LogP contribution in [0.3, 0.4) is 0 Å². The Labute approximate surface area is 216 Å². The molecular formula is C20H17Cl2F2N5O7S. The van der Waals surface area contributed by atoms with Gasteiger partial charge >= 0.3 is 5.69 Å². The van der Waals surface area contributed by atoms with E-state index in [0.29, 0.717) is 30.7 Å². The zero-order valence-corrected chi connectivity index (χ0v) is 20.8. The van der Waals surface area contributed by atoms with E-state index in [0.717, 1.165) is 24.4 Å². The number of benzene rings is 1. The summed E-state index contributed by atoms with van der Waals surface area (Å²) in [5, 5.41) is 13.0. The quantitative estimate of drug-likeness (QED) is 0.381. The van der Waals surface area contributed by atoms with Gasteiger partial charge in [-0.15, -0.1) is 0 Å². The first-order valence-corrected chi connectivity index (χ1v) is 12.7. The Kier molecular flexibility index (Phi) is 7.80. The lowest BCUT2D eigenvalue weighted by Gasteiger charge is -2.23. The third kappa shape index (κ3) is 5.91. The second-order valence-corrected chi connectivity index (χ2v) is 10.2. The Morgan fingerprint density at radius 1 is 1.19 bits per heavy atom. The molecule has 2 aromatic heterocycles. The van der Waals surface area contributed by atoms with Crippen LogP contribution in [0.1, 0.15) is 25.0 Å². The molecule has 3 aromatic rings. The number of hydrogen-bond acceptors (Lipinski definition) is 9. The molecule has 1 aliphatic heterocycles. The number of alkyl halides is 2. The lowest BCUT2D eigenvalue weighted by molar-refractivity contribution is 0.0832. The summed E-state index contributed by atoms with van der Waals surface area (Å²) >= 11 is 12.4. The number of aromatic nitrogens is 4. The standard InChI is InChI=1S/C20H17Cl2F2N5O7S/c21-11-5-10(29-20(32)26-19(31)16(27-29)18(23)24)6-12(22)17(11)36-15-7-14(13(30)8-25-15)37(33,34)28-9-1-3-35-4-2-9/h5-9,18,28,30H,1-4H2,(H,26,31,32). The first-order valence-electron chi connectivity index (χ1n) is 10.4. The summed E-state index contributed by atoms with van der Waals surface area (Å²) < 4.78 is 65.5. The van der Waals surface area contributed by atoms with Crippen molar-refractivity contribution in [2.24, 2.45) is 0 Å². The number of aromatic hydroxyl groups is 1. The van der Waals surface area contributed by atoms with Crippen molar-refractivity contribution in [1.29, 1.82) is 0 Å². The third-order valence-electron chi connectivity index (χ3n) is 5.15. The minimum atomic E-state index is -4.17. The van der Waals surface area contributed by atoms with Gasteiger partial charge in [-0.25, -0.2) is 31.7 Å². The molecule has 1 aliphatic rings. The molecule has 17 heteroatoms. The Bertz CT molecular complexity index is 1540. The van der Waals surface area contributed by atoms with Crippen LogP contribution in [0, 0.1) is 0 Å². The lowest BCUT2D eigenvalue weighted by Crippen LogP contribution is -2.38. The van der Waals surface area contributed by atoms with E-state index < -0.39 is 44.0 Å². The van der Waals surface area contributed by atoms with Crippen LogP contribution in [0.25, 0.3) is 5.69 Å². The zero-order valence-electron chi connectivity index (χ0n) is 18.5. The Balaban J connectivity index is 1.65. The van der Waals surface area contributed by atoms with E-state index in [2.05, 4.69) is 14.8 Å². The van der Waals surface area contributed by atoms with Crippen molar-refractivity contribution < 1.29 is 31.8 Å². The summed E-state index contributed by atoms with van der Waals surface area (Å²) in [4.78, 5) is 28.7. The van der Waals surface area contributed by atoms with Gasteiger partial charge in [-0.3, -0.25) is 9.78 Å². The van der Waals surface area contributed by atoms with Gasteiger partial charge in [0.1, 0.15) is 4.90 Å². The van der Waals surface area contributed by atoms with Crippen LogP contribution in [0.2, 0.25) is 10.0 Å². The number of hydrogen-bond donors (Lipinski definition) is 3. The first kappa shape index (κ1) is 26.9. The van der Waals surface area contributed by atoms with Crippen molar-refractivity contribution in [2.75, 3.05) is 13.2 Å². The van der Waals surface area contributed by atoms with Gasteiger partial charge in [0, 0.05) is 25.3 Å². The summed E-state index contributed by atoms with van der Waals surface area (Å²) in [6.45, 7) is 0.780. The number of pyridine rings is 1. The molecule has 0 spiro atoms. The molecule has 12 nitrogen and oxygen atoms in total. The molecule has 0 atom stereocenters. The van der Waals surface area contributed by atoms with Crippen LogP contribution in [-0.2, 0) is 14.8 Å². The van der Waals surface area contributed by atoms with Crippen LogP contribution in [-0.4, -0.2) is 52.5 Å². The van der Waals surface area contributed by atoms with Crippen LogP contribution >= 0.6 is 23.2 Å². The summed E-state index contributed by atoms with van der Waals surface area (Å²) in [7, 11) is -4.17. The Morgan fingerprint density at radius 2 is 1.84 bits per heavy atom. The predicted octanol–water partition coefficient (Wildman–Crippen LogP) is 2.52. The molecule has 0 aliphatic carbocycles. The average molecular weight is 580 g/mol. The fourth-order valence-corrected chi connectivity index (χ4v) is 5.32. The fraction of sp³-hybridized carbons (Fsp3) is 0.300. The number of nitrogens with zero attached hydrogens (tertiary/aromatic N) is 3. The minimum absolute atomic E-state index is 0.173. The van der Waals surface area contributed by atoms with Crippen molar-refractivity contribution in [3.8, 4) is 23.1 Å². The second-order valence-electron chi connectivity index (χ2n) is 7.70. The molecule has 1 saturated heterocycles. The summed E-state index contributed by atoms with van der Waals surface area (Å²) in [5.74, 6) is -1.16. The average Bonchev–Trinajstić information content (AvgIpc) is 2.82. The van der Waals surface area contributed by atoms with Gasteiger partial charge in [0.15, 0.2) is 17.2 Å². The van der Waals surface area contributed by atoms with Crippen molar-refractivity contribution in [1.82, 2.24) is 24.5 Å². The zero-order chi connectivity index (χ0) is 26.9. The third-order valence-corrected chi connectivity index (χ3v) is 7.26. The number of ether oxygens (including phenoxy) is 2. The van der Waals surface area contributed by atoms with Gasteiger partial charge in [0.25, 0.3) is 12.0 Å². The Morgan fingerprint density at radius 3 is 2.46 bits per heavy atom. The highest BCUT2D eigenvalue weighted by atomic mass is 35.5. The van der Waals surface area contributed by atoms with E-state index >= 15 is 0 Å². The summed E-state index contributed by atoms with van der Waals surface area (Å²) in [6.07, 6.45) is -1.48. The molecule has 1 aromatic carbocycles. The highest BCUT2D eigenvalue weighted by Crippen LogP contribution is 2.38. The van der Waals surface area contributed by atoms with E-state index in [9.17, 15) is 31.9 Å². The van der Waals surface area contributed by atoms with Crippen molar-refractivity contribution in [2.45, 2.75) is 30.2 Å². The molecule has 3 N–H and O–H groups in total. The van der Waals surface area contributed by atoms with Crippen LogP contribution in [0.15, 0.2) is 38.9 Å². The number of rotatable bonds is 7. The monoisotopic (exact) mass is 579 g/mol. The van der Waals surface area contributed by atoms with Gasteiger partial charge in [-0.1, -0.05) is 23.2 Å². The molecular weight excluding hydrogens is 563 g/mol. The minimum Gasteiger partial charge on any atom is -0.505 e. The highest BCUT2D eigenvalue weighted by Gasteiger charge is 2.26. The topological polar surface area (TPSA) is 166 Å². The fourth-order valence-electron chi connectivity index (χ4n) is 3.38. The molecule has 37 heavy (non-hydrogen) atoms. The molecule has 0 radical (unpaired) electrons. The van der Waals surface area contributed by atoms with Gasteiger partial charge < -0.3 is 14.6 Å².